The molecule has 0 aliphatic carbocycles. The standard InChI is InChI=1S/C13H18ClF3N2O2/c1-12(2,3)18-10(6-20)7-4-8(13(15,16)17)11(19-21)9(14)5-7/h4-5,10,18-21H,6H2,1-3H3. The van der Waals surface area contributed by atoms with Crippen LogP contribution in [0, 0.1) is 0 Å². The van der Waals surface area contributed by atoms with Gasteiger partial charge in [0.1, 0.15) is 0 Å². The van der Waals surface area contributed by atoms with Crippen LogP contribution in [-0.2, 0) is 6.18 Å². The molecule has 1 aromatic rings. The lowest BCUT2D eigenvalue weighted by atomic mass is 9.99. The zero-order valence-corrected chi connectivity index (χ0v) is 12.6. The Kier molecular flexibility index (Phi) is 5.49. The van der Waals surface area contributed by atoms with Crippen LogP contribution in [0.3, 0.4) is 0 Å². The number of hydrogen-bond donors (Lipinski definition) is 4. The Morgan fingerprint density at radius 2 is 1.81 bits per heavy atom. The van der Waals surface area contributed by atoms with Crippen molar-refractivity contribution in [1.29, 1.82) is 0 Å². The summed E-state index contributed by atoms with van der Waals surface area (Å²) in [4.78, 5) is 0. The molecule has 1 atom stereocenters. The van der Waals surface area contributed by atoms with E-state index in [1.54, 1.807) is 0 Å². The second-order valence-electron chi connectivity index (χ2n) is 5.66. The van der Waals surface area contributed by atoms with Crippen molar-refractivity contribution in [2.24, 2.45) is 0 Å². The molecular weight excluding hydrogens is 309 g/mol. The highest BCUT2D eigenvalue weighted by Crippen LogP contribution is 2.40. The molecule has 1 unspecified atom stereocenters. The Hall–Kier alpha value is -1.02. The highest BCUT2D eigenvalue weighted by atomic mass is 35.5. The molecule has 0 heterocycles. The van der Waals surface area contributed by atoms with Crippen LogP contribution < -0.4 is 10.8 Å². The molecule has 0 saturated heterocycles. The van der Waals surface area contributed by atoms with E-state index < -0.39 is 35.6 Å². The maximum atomic E-state index is 13.0. The molecule has 0 fully saturated rings. The van der Waals surface area contributed by atoms with E-state index in [2.05, 4.69) is 5.32 Å². The van der Waals surface area contributed by atoms with E-state index in [1.165, 1.54) is 11.5 Å². The van der Waals surface area contributed by atoms with Crippen LogP contribution in [0.15, 0.2) is 12.1 Å². The van der Waals surface area contributed by atoms with Gasteiger partial charge in [0, 0.05) is 5.54 Å². The molecule has 8 heteroatoms. The van der Waals surface area contributed by atoms with E-state index in [4.69, 9.17) is 16.8 Å². The summed E-state index contributed by atoms with van der Waals surface area (Å²) in [5.41, 5.74) is -0.465. The summed E-state index contributed by atoms with van der Waals surface area (Å²) < 4.78 is 39.0. The first-order valence-corrected chi connectivity index (χ1v) is 6.56. The molecule has 0 bridgehead atoms. The SMILES string of the molecule is CC(C)(C)NC(CO)c1cc(Cl)c(NO)c(C(F)(F)F)c1. The predicted octanol–water partition coefficient (Wildman–Crippen LogP) is 3.58. The number of anilines is 1. The number of hydrogen-bond acceptors (Lipinski definition) is 4. The van der Waals surface area contributed by atoms with Crippen molar-refractivity contribution < 1.29 is 23.5 Å². The average molecular weight is 327 g/mol. The Labute approximate surface area is 125 Å². The Bertz CT molecular complexity index is 501. The summed E-state index contributed by atoms with van der Waals surface area (Å²) >= 11 is 5.78. The van der Waals surface area contributed by atoms with E-state index >= 15 is 0 Å². The molecule has 0 radical (unpaired) electrons. The second-order valence-corrected chi connectivity index (χ2v) is 6.07. The number of benzene rings is 1. The summed E-state index contributed by atoms with van der Waals surface area (Å²) in [6, 6.07) is 1.41. The fourth-order valence-corrected chi connectivity index (χ4v) is 2.19. The van der Waals surface area contributed by atoms with Gasteiger partial charge in [-0.2, -0.15) is 13.2 Å². The number of halogens is 4. The van der Waals surface area contributed by atoms with E-state index in [-0.39, 0.29) is 10.6 Å². The van der Waals surface area contributed by atoms with Gasteiger partial charge in [-0.1, -0.05) is 11.6 Å². The second kappa shape index (κ2) is 6.39. The zero-order valence-electron chi connectivity index (χ0n) is 11.8. The van der Waals surface area contributed by atoms with Crippen LogP contribution in [0.5, 0.6) is 0 Å². The molecule has 1 aromatic carbocycles. The molecule has 0 aliphatic heterocycles. The summed E-state index contributed by atoms with van der Waals surface area (Å²) in [7, 11) is 0. The van der Waals surface area contributed by atoms with Crippen molar-refractivity contribution >= 4 is 17.3 Å². The summed E-state index contributed by atoms with van der Waals surface area (Å²) in [6.45, 7) is 5.08. The molecule has 120 valence electrons. The number of alkyl halides is 3. The van der Waals surface area contributed by atoms with Crippen LogP contribution in [0.2, 0.25) is 5.02 Å². The molecule has 21 heavy (non-hydrogen) atoms. The van der Waals surface area contributed by atoms with E-state index in [0.717, 1.165) is 6.07 Å². The molecular formula is C13H18ClF3N2O2. The lowest BCUT2D eigenvalue weighted by molar-refractivity contribution is -0.137. The van der Waals surface area contributed by atoms with Gasteiger partial charge in [0.25, 0.3) is 0 Å². The minimum atomic E-state index is -4.69. The third-order valence-electron chi connectivity index (χ3n) is 2.72. The highest BCUT2D eigenvalue weighted by molar-refractivity contribution is 6.33. The first-order valence-electron chi connectivity index (χ1n) is 6.19. The summed E-state index contributed by atoms with van der Waals surface area (Å²) in [6.07, 6.45) is -4.69. The normalized spacial score (nSPS) is 14.1. The van der Waals surface area contributed by atoms with Gasteiger partial charge in [-0.25, -0.2) is 0 Å². The first-order chi connectivity index (χ1) is 9.49. The first kappa shape index (κ1) is 18.0. The molecule has 4 nitrogen and oxygen atoms in total. The highest BCUT2D eigenvalue weighted by Gasteiger charge is 2.36. The predicted molar refractivity (Wildman–Crippen MR) is 74.6 cm³/mol. The van der Waals surface area contributed by atoms with E-state index in [9.17, 15) is 18.3 Å². The van der Waals surface area contributed by atoms with Gasteiger partial charge in [0.2, 0.25) is 0 Å². The van der Waals surface area contributed by atoms with Crippen LogP contribution in [-0.4, -0.2) is 22.5 Å². The van der Waals surface area contributed by atoms with E-state index in [0.29, 0.717) is 0 Å². The van der Waals surface area contributed by atoms with Crippen molar-refractivity contribution in [2.75, 3.05) is 12.1 Å². The maximum Gasteiger partial charge on any atom is 0.418 e. The van der Waals surface area contributed by atoms with Crippen molar-refractivity contribution in [2.45, 2.75) is 38.5 Å². The van der Waals surface area contributed by atoms with Gasteiger partial charge in [0.05, 0.1) is 28.9 Å². The van der Waals surface area contributed by atoms with Gasteiger partial charge in [-0.05, 0) is 38.5 Å². The minimum Gasteiger partial charge on any atom is -0.394 e. The molecule has 0 saturated carbocycles. The van der Waals surface area contributed by atoms with Crippen LogP contribution in [0.25, 0.3) is 0 Å². The van der Waals surface area contributed by atoms with Crippen LogP contribution in [0.4, 0.5) is 18.9 Å². The Balaban J connectivity index is 3.34. The van der Waals surface area contributed by atoms with Gasteiger partial charge < -0.3 is 10.4 Å². The number of aliphatic hydroxyl groups excluding tert-OH is 1. The van der Waals surface area contributed by atoms with E-state index in [1.807, 2.05) is 20.8 Å². The average Bonchev–Trinajstić information content (AvgIpc) is 2.32. The summed E-state index contributed by atoms with van der Waals surface area (Å²) in [5.74, 6) is 0. The minimum absolute atomic E-state index is 0.184. The monoisotopic (exact) mass is 326 g/mol. The van der Waals surface area contributed by atoms with Crippen molar-refractivity contribution in [3.8, 4) is 0 Å². The fourth-order valence-electron chi connectivity index (χ4n) is 1.92. The fraction of sp³-hybridized carbons (Fsp3) is 0.538. The van der Waals surface area contributed by atoms with Crippen molar-refractivity contribution in [1.82, 2.24) is 5.32 Å². The molecule has 0 spiro atoms. The van der Waals surface area contributed by atoms with Crippen LogP contribution >= 0.6 is 11.6 Å². The number of rotatable bonds is 4. The quantitative estimate of drug-likeness (QED) is 0.639. The molecule has 1 rings (SSSR count). The van der Waals surface area contributed by atoms with Crippen LogP contribution in [0.1, 0.15) is 37.9 Å². The van der Waals surface area contributed by atoms with Gasteiger partial charge in [-0.15, -0.1) is 0 Å². The van der Waals surface area contributed by atoms with Gasteiger partial charge in [0.15, 0.2) is 0 Å². The maximum absolute atomic E-state index is 13.0. The Morgan fingerprint density at radius 3 is 2.19 bits per heavy atom. The third-order valence-corrected chi connectivity index (χ3v) is 3.02. The molecule has 0 amide bonds. The lowest BCUT2D eigenvalue weighted by Gasteiger charge is -2.28. The zero-order chi connectivity index (χ0) is 16.4. The molecule has 4 N–H and O–H groups in total. The summed E-state index contributed by atoms with van der Waals surface area (Å²) in [5, 5.41) is 21.0. The molecule has 0 aromatic heterocycles. The van der Waals surface area contributed by atoms with Gasteiger partial charge >= 0.3 is 6.18 Å². The number of aliphatic hydroxyl groups is 1. The molecule has 0 aliphatic rings. The Morgan fingerprint density at radius 1 is 1.24 bits per heavy atom. The number of nitrogens with one attached hydrogen (secondary N) is 2. The smallest absolute Gasteiger partial charge is 0.394 e. The largest absolute Gasteiger partial charge is 0.418 e. The third kappa shape index (κ3) is 4.74. The van der Waals surface area contributed by atoms with Crippen molar-refractivity contribution in [3.05, 3.63) is 28.3 Å². The van der Waals surface area contributed by atoms with Gasteiger partial charge in [-0.3, -0.25) is 10.7 Å². The topological polar surface area (TPSA) is 64.5 Å². The van der Waals surface area contributed by atoms with Crippen molar-refractivity contribution in [3.63, 3.8) is 0 Å². The lowest BCUT2D eigenvalue weighted by Crippen LogP contribution is -2.40.